The molecule has 1 aliphatic carbocycles. The van der Waals surface area contributed by atoms with E-state index in [4.69, 9.17) is 5.73 Å². The summed E-state index contributed by atoms with van der Waals surface area (Å²) in [5, 5.41) is 0. The number of halogens is 2. The highest BCUT2D eigenvalue weighted by Gasteiger charge is 2.23. The first-order valence-corrected chi connectivity index (χ1v) is 6.39. The maximum Gasteiger partial charge on any atom is 0.128 e. The van der Waals surface area contributed by atoms with Gasteiger partial charge in [-0.1, -0.05) is 25.7 Å². The Morgan fingerprint density at radius 1 is 1.06 bits per heavy atom. The first-order valence-electron chi connectivity index (χ1n) is 6.39. The molecule has 0 amide bonds. The predicted molar refractivity (Wildman–Crippen MR) is 64.5 cm³/mol. The molecule has 0 bridgehead atoms. The molecule has 0 saturated heterocycles. The van der Waals surface area contributed by atoms with Crippen molar-refractivity contribution in [2.45, 2.75) is 44.6 Å². The summed E-state index contributed by atoms with van der Waals surface area (Å²) in [5.74, 6) is -0.512. The van der Waals surface area contributed by atoms with Crippen LogP contribution in [-0.4, -0.2) is 0 Å². The van der Waals surface area contributed by atoms with Gasteiger partial charge in [0, 0.05) is 11.6 Å². The summed E-state index contributed by atoms with van der Waals surface area (Å²) in [6.45, 7) is 0. The molecular formula is C14H19F2N. The average Bonchev–Trinajstić information content (AvgIpc) is 2.60. The van der Waals surface area contributed by atoms with Crippen molar-refractivity contribution < 1.29 is 8.78 Å². The zero-order chi connectivity index (χ0) is 12.3. The molecule has 2 N–H and O–H groups in total. The van der Waals surface area contributed by atoms with Gasteiger partial charge in [-0.2, -0.15) is 0 Å². The summed E-state index contributed by atoms with van der Waals surface area (Å²) in [6, 6.07) is 3.17. The van der Waals surface area contributed by atoms with Gasteiger partial charge < -0.3 is 5.73 Å². The van der Waals surface area contributed by atoms with Gasteiger partial charge in [0.15, 0.2) is 0 Å². The van der Waals surface area contributed by atoms with Crippen LogP contribution in [-0.2, 0) is 0 Å². The van der Waals surface area contributed by atoms with Crippen LogP contribution in [0, 0.1) is 17.6 Å². The lowest BCUT2D eigenvalue weighted by atomic mass is 9.87. The quantitative estimate of drug-likeness (QED) is 0.777. The molecule has 0 heterocycles. The van der Waals surface area contributed by atoms with Crippen LogP contribution in [0.1, 0.15) is 50.1 Å². The number of benzene rings is 1. The number of hydrogen-bond donors (Lipinski definition) is 1. The van der Waals surface area contributed by atoms with E-state index < -0.39 is 5.82 Å². The van der Waals surface area contributed by atoms with E-state index in [0.717, 1.165) is 31.7 Å². The molecule has 0 spiro atoms. The van der Waals surface area contributed by atoms with E-state index in [1.165, 1.54) is 25.0 Å². The molecule has 1 saturated carbocycles. The van der Waals surface area contributed by atoms with Crippen molar-refractivity contribution >= 4 is 0 Å². The lowest BCUT2D eigenvalue weighted by Crippen LogP contribution is -2.22. The van der Waals surface area contributed by atoms with Crippen molar-refractivity contribution in [1.29, 1.82) is 0 Å². The molecule has 1 aromatic carbocycles. The second-order valence-corrected chi connectivity index (χ2v) is 4.94. The van der Waals surface area contributed by atoms with Crippen LogP contribution >= 0.6 is 0 Å². The van der Waals surface area contributed by atoms with Crippen LogP contribution < -0.4 is 5.73 Å². The Labute approximate surface area is 101 Å². The average molecular weight is 239 g/mol. The van der Waals surface area contributed by atoms with E-state index >= 15 is 0 Å². The van der Waals surface area contributed by atoms with E-state index in [-0.39, 0.29) is 17.8 Å². The molecule has 94 valence electrons. The Bertz CT molecular complexity index is 370. The molecule has 1 nitrogen and oxygen atoms in total. The Hall–Kier alpha value is -0.960. The third-order valence-corrected chi connectivity index (χ3v) is 3.72. The van der Waals surface area contributed by atoms with E-state index in [9.17, 15) is 8.78 Å². The molecule has 1 atom stereocenters. The van der Waals surface area contributed by atoms with E-state index in [1.807, 2.05) is 0 Å². The van der Waals surface area contributed by atoms with Gasteiger partial charge in [0.1, 0.15) is 11.6 Å². The zero-order valence-corrected chi connectivity index (χ0v) is 9.96. The highest BCUT2D eigenvalue weighted by atomic mass is 19.1. The number of rotatable bonds is 2. The van der Waals surface area contributed by atoms with Crippen molar-refractivity contribution in [2.75, 3.05) is 0 Å². The topological polar surface area (TPSA) is 26.0 Å². The Kier molecular flexibility index (Phi) is 4.11. The lowest BCUT2D eigenvalue weighted by molar-refractivity contribution is 0.372. The van der Waals surface area contributed by atoms with Gasteiger partial charge in [-0.05, 0) is 37.0 Å². The van der Waals surface area contributed by atoms with Crippen molar-refractivity contribution in [2.24, 2.45) is 11.7 Å². The lowest BCUT2D eigenvalue weighted by Gasteiger charge is -2.23. The van der Waals surface area contributed by atoms with Crippen molar-refractivity contribution in [3.63, 3.8) is 0 Å². The van der Waals surface area contributed by atoms with Gasteiger partial charge in [0.05, 0.1) is 0 Å². The minimum absolute atomic E-state index is 0.286. The fourth-order valence-electron chi connectivity index (χ4n) is 2.69. The van der Waals surface area contributed by atoms with Crippen LogP contribution in [0.2, 0.25) is 0 Å². The Morgan fingerprint density at radius 2 is 1.71 bits per heavy atom. The highest BCUT2D eigenvalue weighted by Crippen LogP contribution is 2.33. The molecule has 1 aromatic rings. The molecular weight excluding hydrogens is 220 g/mol. The number of hydrogen-bond acceptors (Lipinski definition) is 1. The maximum atomic E-state index is 13.6. The third kappa shape index (κ3) is 3.03. The van der Waals surface area contributed by atoms with Gasteiger partial charge in [-0.3, -0.25) is 0 Å². The molecule has 0 aliphatic heterocycles. The highest BCUT2D eigenvalue weighted by molar-refractivity contribution is 5.22. The summed E-state index contributed by atoms with van der Waals surface area (Å²) in [4.78, 5) is 0. The smallest absolute Gasteiger partial charge is 0.128 e. The second-order valence-electron chi connectivity index (χ2n) is 4.94. The van der Waals surface area contributed by atoms with Gasteiger partial charge in [0.2, 0.25) is 0 Å². The first-order chi connectivity index (χ1) is 8.18. The normalized spacial score (nSPS) is 19.9. The van der Waals surface area contributed by atoms with Crippen molar-refractivity contribution in [3.05, 3.63) is 35.4 Å². The molecule has 0 radical (unpaired) electrons. The minimum Gasteiger partial charge on any atom is -0.324 e. The minimum atomic E-state index is -0.412. The van der Waals surface area contributed by atoms with E-state index in [2.05, 4.69) is 0 Å². The van der Waals surface area contributed by atoms with Crippen LogP contribution in [0.4, 0.5) is 8.78 Å². The Balaban J connectivity index is 2.16. The standard InChI is InChI=1S/C14H19F2N/c15-11-7-8-13(16)12(9-11)14(17)10-5-3-1-2-4-6-10/h7-10,14H,1-6,17H2. The molecule has 1 aliphatic rings. The summed E-state index contributed by atoms with van der Waals surface area (Å²) < 4.78 is 26.8. The molecule has 1 unspecified atom stereocenters. The zero-order valence-electron chi connectivity index (χ0n) is 9.96. The molecule has 17 heavy (non-hydrogen) atoms. The SMILES string of the molecule is NC(c1cc(F)ccc1F)C1CCCCCC1. The first kappa shape index (κ1) is 12.5. The molecule has 3 heteroatoms. The summed E-state index contributed by atoms with van der Waals surface area (Å²) in [7, 11) is 0. The van der Waals surface area contributed by atoms with Gasteiger partial charge in [0.25, 0.3) is 0 Å². The van der Waals surface area contributed by atoms with E-state index in [1.54, 1.807) is 0 Å². The van der Waals surface area contributed by atoms with Gasteiger partial charge >= 0.3 is 0 Å². The predicted octanol–water partition coefficient (Wildman–Crippen LogP) is 3.94. The largest absolute Gasteiger partial charge is 0.324 e. The van der Waals surface area contributed by atoms with Crippen LogP contribution in [0.3, 0.4) is 0 Å². The molecule has 2 rings (SSSR count). The second kappa shape index (κ2) is 5.58. The number of nitrogens with two attached hydrogens (primary N) is 1. The van der Waals surface area contributed by atoms with Crippen LogP contribution in [0.5, 0.6) is 0 Å². The van der Waals surface area contributed by atoms with Gasteiger partial charge in [-0.25, -0.2) is 8.78 Å². The molecule has 1 fully saturated rings. The monoisotopic (exact) mass is 239 g/mol. The fourth-order valence-corrected chi connectivity index (χ4v) is 2.69. The van der Waals surface area contributed by atoms with Crippen LogP contribution in [0.25, 0.3) is 0 Å². The maximum absolute atomic E-state index is 13.6. The third-order valence-electron chi connectivity index (χ3n) is 3.72. The van der Waals surface area contributed by atoms with Crippen molar-refractivity contribution in [3.8, 4) is 0 Å². The van der Waals surface area contributed by atoms with Crippen molar-refractivity contribution in [1.82, 2.24) is 0 Å². The summed E-state index contributed by atoms with van der Waals surface area (Å²) >= 11 is 0. The van der Waals surface area contributed by atoms with Crippen LogP contribution in [0.15, 0.2) is 18.2 Å². The van der Waals surface area contributed by atoms with E-state index in [0.29, 0.717) is 5.56 Å². The fraction of sp³-hybridized carbons (Fsp3) is 0.571. The summed E-state index contributed by atoms with van der Waals surface area (Å²) in [5.41, 5.74) is 6.43. The summed E-state index contributed by atoms with van der Waals surface area (Å²) in [6.07, 6.45) is 6.81. The van der Waals surface area contributed by atoms with Gasteiger partial charge in [-0.15, -0.1) is 0 Å². The Morgan fingerprint density at radius 3 is 2.35 bits per heavy atom. The molecule has 0 aromatic heterocycles.